The van der Waals surface area contributed by atoms with Crippen LogP contribution in [0.3, 0.4) is 0 Å². The molecule has 0 aromatic heterocycles. The summed E-state index contributed by atoms with van der Waals surface area (Å²) in [7, 11) is 0. The van der Waals surface area contributed by atoms with Gasteiger partial charge in [-0.1, -0.05) is 57.0 Å². The topological polar surface area (TPSA) is 27.7 Å². The molecule has 0 radical (unpaired) electrons. The third-order valence-corrected chi connectivity index (χ3v) is 7.43. The summed E-state index contributed by atoms with van der Waals surface area (Å²) in [4.78, 5) is 0. The van der Waals surface area contributed by atoms with Gasteiger partial charge in [0.2, 0.25) is 0 Å². The highest BCUT2D eigenvalue weighted by molar-refractivity contribution is 5.65. The third kappa shape index (κ3) is 7.78. The van der Waals surface area contributed by atoms with Crippen molar-refractivity contribution in [2.75, 3.05) is 13.2 Å². The lowest BCUT2D eigenvalue weighted by molar-refractivity contribution is 0.0230. The van der Waals surface area contributed by atoms with Gasteiger partial charge < -0.3 is 14.2 Å². The van der Waals surface area contributed by atoms with Crippen molar-refractivity contribution in [3.8, 4) is 22.6 Å². The van der Waals surface area contributed by atoms with Gasteiger partial charge >= 0.3 is 0 Å². The van der Waals surface area contributed by atoms with Gasteiger partial charge in [0, 0.05) is 12.2 Å². The van der Waals surface area contributed by atoms with Gasteiger partial charge in [-0.2, -0.15) is 0 Å². The van der Waals surface area contributed by atoms with E-state index in [2.05, 4.69) is 13.8 Å². The maximum absolute atomic E-state index is 15.0. The van der Waals surface area contributed by atoms with Crippen molar-refractivity contribution in [2.24, 2.45) is 0 Å². The summed E-state index contributed by atoms with van der Waals surface area (Å²) in [5.74, 6) is -1.25. The second kappa shape index (κ2) is 14.4. The van der Waals surface area contributed by atoms with Gasteiger partial charge in [-0.15, -0.1) is 0 Å². The Morgan fingerprint density at radius 2 is 1.41 bits per heavy atom. The average Bonchev–Trinajstić information content (AvgIpc) is 2.96. The van der Waals surface area contributed by atoms with Crippen molar-refractivity contribution in [2.45, 2.75) is 83.8 Å². The summed E-state index contributed by atoms with van der Waals surface area (Å²) in [6.07, 6.45) is 7.59. The molecule has 3 aromatic rings. The van der Waals surface area contributed by atoms with E-state index in [4.69, 9.17) is 14.2 Å². The molecular weight excluding hydrogens is 501 g/mol. The maximum atomic E-state index is 15.0. The van der Waals surface area contributed by atoms with Crippen molar-refractivity contribution >= 4 is 0 Å². The van der Waals surface area contributed by atoms with Crippen LogP contribution in [0.15, 0.2) is 54.6 Å². The van der Waals surface area contributed by atoms with E-state index < -0.39 is 17.5 Å². The summed E-state index contributed by atoms with van der Waals surface area (Å²) in [5, 5.41) is 0. The first-order chi connectivity index (χ1) is 19.0. The summed E-state index contributed by atoms with van der Waals surface area (Å²) in [5.41, 5.74) is 2.15. The molecule has 1 fully saturated rings. The molecule has 0 unspecified atom stereocenters. The molecule has 0 saturated heterocycles. The molecule has 4 rings (SSSR count). The monoisotopic (exact) mass is 540 g/mol. The number of hydrogen-bond acceptors (Lipinski definition) is 3. The summed E-state index contributed by atoms with van der Waals surface area (Å²) < 4.78 is 61.5. The molecule has 0 spiro atoms. The Morgan fingerprint density at radius 1 is 0.718 bits per heavy atom. The summed E-state index contributed by atoms with van der Waals surface area (Å²) in [6, 6.07) is 15.3. The van der Waals surface area contributed by atoms with Crippen molar-refractivity contribution in [1.29, 1.82) is 0 Å². The van der Waals surface area contributed by atoms with Gasteiger partial charge in [0.15, 0.2) is 23.2 Å². The van der Waals surface area contributed by atoms with E-state index in [1.165, 1.54) is 6.07 Å². The van der Waals surface area contributed by atoms with Gasteiger partial charge in [0.1, 0.15) is 12.4 Å². The lowest BCUT2D eigenvalue weighted by Gasteiger charge is -2.29. The van der Waals surface area contributed by atoms with Crippen LogP contribution in [0.4, 0.5) is 13.2 Å². The van der Waals surface area contributed by atoms with Crippen LogP contribution in [0.25, 0.3) is 11.1 Å². The van der Waals surface area contributed by atoms with E-state index in [1.807, 2.05) is 18.2 Å². The molecule has 0 atom stereocenters. The van der Waals surface area contributed by atoms with E-state index in [0.717, 1.165) is 63.5 Å². The molecular formula is C33H39F3O3. The van der Waals surface area contributed by atoms with Gasteiger partial charge in [0.25, 0.3) is 0 Å². The summed E-state index contributed by atoms with van der Waals surface area (Å²) >= 11 is 0. The highest BCUT2D eigenvalue weighted by Crippen LogP contribution is 2.36. The van der Waals surface area contributed by atoms with Gasteiger partial charge in [0.05, 0.1) is 12.7 Å². The third-order valence-electron chi connectivity index (χ3n) is 7.43. The first kappa shape index (κ1) is 29.0. The fraction of sp³-hybridized carbons (Fsp3) is 0.455. The number of halogens is 3. The quantitative estimate of drug-likeness (QED) is 0.202. The van der Waals surface area contributed by atoms with Crippen LogP contribution in [0.5, 0.6) is 11.5 Å². The minimum absolute atomic E-state index is 0.00911. The number of unbranched alkanes of at least 4 members (excludes halogenated alkanes) is 2. The van der Waals surface area contributed by atoms with Crippen molar-refractivity contribution in [1.82, 2.24) is 0 Å². The first-order valence-corrected chi connectivity index (χ1v) is 14.2. The first-order valence-electron chi connectivity index (χ1n) is 14.2. The Balaban J connectivity index is 1.32. The predicted octanol–water partition coefficient (Wildman–Crippen LogP) is 9.37. The zero-order valence-corrected chi connectivity index (χ0v) is 23.0. The van der Waals surface area contributed by atoms with E-state index >= 15 is 4.39 Å². The zero-order valence-electron chi connectivity index (χ0n) is 23.0. The zero-order chi connectivity index (χ0) is 27.6. The molecule has 0 N–H and O–H groups in total. The summed E-state index contributed by atoms with van der Waals surface area (Å²) in [6.45, 7) is 5.36. The van der Waals surface area contributed by atoms with Crippen LogP contribution >= 0.6 is 0 Å². The number of benzene rings is 3. The van der Waals surface area contributed by atoms with Crippen LogP contribution in [-0.4, -0.2) is 19.3 Å². The van der Waals surface area contributed by atoms with E-state index in [-0.39, 0.29) is 29.9 Å². The molecule has 0 heterocycles. The second-order valence-corrected chi connectivity index (χ2v) is 10.3. The Bertz CT molecular complexity index is 1190. The highest BCUT2D eigenvalue weighted by Gasteiger charge is 2.26. The molecule has 0 aliphatic heterocycles. The Kier molecular flexibility index (Phi) is 10.7. The van der Waals surface area contributed by atoms with Crippen LogP contribution in [0.1, 0.15) is 82.3 Å². The smallest absolute Gasteiger partial charge is 0.165 e. The Hall–Kier alpha value is -2.99. The van der Waals surface area contributed by atoms with Crippen LogP contribution in [0.2, 0.25) is 0 Å². The van der Waals surface area contributed by atoms with E-state index in [0.29, 0.717) is 23.5 Å². The minimum Gasteiger partial charge on any atom is -0.491 e. The van der Waals surface area contributed by atoms with Gasteiger partial charge in [-0.05, 0) is 85.4 Å². The molecule has 1 aliphatic carbocycles. The van der Waals surface area contributed by atoms with Crippen molar-refractivity contribution < 1.29 is 27.4 Å². The van der Waals surface area contributed by atoms with Gasteiger partial charge in [-0.3, -0.25) is 0 Å². The number of rotatable bonds is 13. The molecule has 3 aromatic carbocycles. The molecule has 0 amide bonds. The molecule has 3 nitrogen and oxygen atoms in total. The minimum atomic E-state index is -0.845. The van der Waals surface area contributed by atoms with Crippen LogP contribution < -0.4 is 9.47 Å². The SMILES string of the molecule is CCCCOc1ccc(-c2ccc(OCc3ccc(C4CCC(OCCCC)CC4)c(F)c3F)cc2)cc1F. The fourth-order valence-electron chi connectivity index (χ4n) is 4.99. The van der Waals surface area contributed by atoms with Crippen LogP contribution in [-0.2, 0) is 11.3 Å². The molecule has 1 saturated carbocycles. The Morgan fingerprint density at radius 3 is 2.10 bits per heavy atom. The number of ether oxygens (including phenoxy) is 3. The molecule has 0 bridgehead atoms. The average molecular weight is 541 g/mol. The Labute approximate surface area is 230 Å². The molecule has 210 valence electrons. The van der Waals surface area contributed by atoms with E-state index in [9.17, 15) is 8.78 Å². The highest BCUT2D eigenvalue weighted by atomic mass is 19.2. The van der Waals surface area contributed by atoms with E-state index in [1.54, 1.807) is 30.3 Å². The lowest BCUT2D eigenvalue weighted by atomic mass is 9.82. The molecule has 1 aliphatic rings. The number of hydrogen-bond donors (Lipinski definition) is 0. The predicted molar refractivity (Wildman–Crippen MR) is 149 cm³/mol. The standard InChI is InChI=1S/C33H39F3O3/c1-3-5-19-37-27-15-9-24(10-16-27)29-17-11-26(32(35)33(29)36)22-39-28-13-7-23(8-14-28)25-12-18-31(30(34)21-25)38-20-6-4-2/h7-8,11-14,17-18,21,24,27H,3-6,9-10,15-16,19-20,22H2,1-2H3. The lowest BCUT2D eigenvalue weighted by Crippen LogP contribution is -2.22. The maximum Gasteiger partial charge on any atom is 0.165 e. The normalized spacial score (nSPS) is 17.3. The second-order valence-electron chi connectivity index (χ2n) is 10.3. The fourth-order valence-corrected chi connectivity index (χ4v) is 4.99. The van der Waals surface area contributed by atoms with Crippen molar-refractivity contribution in [3.05, 3.63) is 83.2 Å². The van der Waals surface area contributed by atoms with Gasteiger partial charge in [-0.25, -0.2) is 13.2 Å². The molecule has 6 heteroatoms. The van der Waals surface area contributed by atoms with Crippen molar-refractivity contribution in [3.63, 3.8) is 0 Å². The molecule has 39 heavy (non-hydrogen) atoms. The largest absolute Gasteiger partial charge is 0.491 e. The van der Waals surface area contributed by atoms with Crippen LogP contribution in [0, 0.1) is 17.5 Å².